The molecule has 14 heavy (non-hydrogen) atoms. The minimum absolute atomic E-state index is 0. The van der Waals surface area contributed by atoms with Crippen molar-refractivity contribution in [2.24, 2.45) is 0 Å². The molecule has 0 atom stereocenters. The van der Waals surface area contributed by atoms with Gasteiger partial charge in [-0.05, 0) is 0 Å². The Bertz CT molecular complexity index is 43.3. The molecule has 0 aromatic carbocycles. The van der Waals surface area contributed by atoms with Crippen LogP contribution in [-0.2, 0) is 26.2 Å². The summed E-state index contributed by atoms with van der Waals surface area (Å²) >= 11 is 0. The zero-order valence-electron chi connectivity index (χ0n) is 9.71. The number of hydrogen-bond donors (Lipinski definition) is 0. The van der Waals surface area contributed by atoms with Crippen LogP contribution in [0.25, 0.3) is 6.15 Å². The molecule has 0 saturated heterocycles. The van der Waals surface area contributed by atoms with Gasteiger partial charge in [-0.1, -0.05) is 39.3 Å². The summed E-state index contributed by atoms with van der Waals surface area (Å²) in [4.78, 5) is 0. The van der Waals surface area contributed by atoms with Gasteiger partial charge in [0.15, 0.2) is 0 Å². The van der Waals surface area contributed by atoms with Gasteiger partial charge in [0, 0.05) is 43.8 Å². The molecule has 2 N–H and O–H groups in total. The minimum Gasteiger partial charge on any atom is -0.693 e. The van der Waals surface area contributed by atoms with Gasteiger partial charge >= 0.3 is 0 Å². The second-order valence-corrected chi connectivity index (χ2v) is 9.00. The molecule has 0 bridgehead atoms. The molecule has 0 aliphatic carbocycles. The molecular formula is C6H24Cl4NSi2Zr-. The fourth-order valence-electron chi connectivity index (χ4n) is 0. The van der Waals surface area contributed by atoms with E-state index in [4.69, 9.17) is 0 Å². The zero-order valence-corrected chi connectivity index (χ0v) is 17.4. The molecule has 1 nitrogen and oxygen atoms in total. The van der Waals surface area contributed by atoms with E-state index in [2.05, 4.69) is 39.3 Å². The van der Waals surface area contributed by atoms with E-state index in [-0.39, 0.29) is 99.6 Å². The molecule has 0 fully saturated rings. The third kappa shape index (κ3) is 439. The van der Waals surface area contributed by atoms with Crippen LogP contribution < -0.4 is 0 Å². The molecule has 0 spiro atoms. The van der Waals surface area contributed by atoms with E-state index in [0.717, 1.165) is 0 Å². The first-order chi connectivity index (χ1) is 3.46. The van der Waals surface area contributed by atoms with E-state index in [0.29, 0.717) is 0 Å². The molecule has 0 rings (SSSR count). The van der Waals surface area contributed by atoms with Gasteiger partial charge in [0.1, 0.15) is 0 Å². The number of rotatable bonds is 0. The Hall–Kier alpha value is 2.44. The van der Waals surface area contributed by atoms with Crippen molar-refractivity contribution in [3.8, 4) is 0 Å². The molecule has 0 saturated carbocycles. The molecule has 0 aliphatic rings. The Morgan fingerprint density at radius 2 is 0.500 bits per heavy atom. The first-order valence-electron chi connectivity index (χ1n) is 3.00. The zero-order chi connectivity index (χ0) is 7.15. The fourth-order valence-corrected chi connectivity index (χ4v) is 0. The summed E-state index contributed by atoms with van der Waals surface area (Å²) in [7, 11) is 0.241. The monoisotopic (exact) mass is 396 g/mol. The van der Waals surface area contributed by atoms with Crippen molar-refractivity contribution in [1.29, 1.82) is 0 Å². The topological polar surface area (TPSA) is 33.5 Å². The van der Waals surface area contributed by atoms with Gasteiger partial charge in [-0.25, -0.2) is 0 Å². The Kier molecular flexibility index (Phi) is 178. The van der Waals surface area contributed by atoms with Crippen molar-refractivity contribution in [2.75, 3.05) is 0 Å². The van der Waals surface area contributed by atoms with Gasteiger partial charge in [0.2, 0.25) is 0 Å². The van der Waals surface area contributed by atoms with E-state index in [9.17, 15) is 0 Å². The Labute approximate surface area is 138 Å². The van der Waals surface area contributed by atoms with Crippen LogP contribution in [-0.4, -0.2) is 17.6 Å². The van der Waals surface area contributed by atoms with E-state index in [1.54, 1.807) is 0 Å². The molecule has 0 aromatic rings. The minimum atomic E-state index is 0. The predicted molar refractivity (Wildman–Crippen MR) is 81.0 cm³/mol. The molecule has 2 radical (unpaired) electrons. The standard InChI is InChI=1S/2C3H9Si.4ClH.H2N.Zr/c2*1-4(2)3;;;;;;/h2*1-3H3;4*1H;1H2;/q;;;;;;-1;. The molecule has 0 heterocycles. The number of halogens is 4. The molecule has 0 aliphatic heterocycles. The van der Waals surface area contributed by atoms with E-state index >= 15 is 0 Å². The van der Waals surface area contributed by atoms with E-state index in [1.807, 2.05) is 0 Å². The largest absolute Gasteiger partial charge is 0.693 e. The van der Waals surface area contributed by atoms with Gasteiger partial charge in [0.05, 0.1) is 0 Å². The summed E-state index contributed by atoms with van der Waals surface area (Å²) in [6.45, 7) is 13.6. The number of nitrogens with two attached hydrogens (primary N) is 1. The van der Waals surface area contributed by atoms with Crippen LogP contribution >= 0.6 is 49.6 Å². The summed E-state index contributed by atoms with van der Waals surface area (Å²) in [6, 6.07) is 0. The van der Waals surface area contributed by atoms with Crippen LogP contribution in [0.5, 0.6) is 0 Å². The van der Waals surface area contributed by atoms with Crippen molar-refractivity contribution < 1.29 is 26.2 Å². The third-order valence-electron chi connectivity index (χ3n) is 0. The van der Waals surface area contributed by atoms with Gasteiger partial charge in [-0.15, -0.1) is 49.6 Å². The molecule has 8 heteroatoms. The molecule has 94 valence electrons. The van der Waals surface area contributed by atoms with Crippen LogP contribution in [0.4, 0.5) is 0 Å². The van der Waals surface area contributed by atoms with Crippen LogP contribution in [0.1, 0.15) is 0 Å². The maximum Gasteiger partial charge on any atom is 0.0379 e. The van der Waals surface area contributed by atoms with Crippen LogP contribution in [0.3, 0.4) is 0 Å². The van der Waals surface area contributed by atoms with Crippen molar-refractivity contribution in [3.63, 3.8) is 0 Å². The smallest absolute Gasteiger partial charge is 0.0379 e. The van der Waals surface area contributed by atoms with Crippen molar-refractivity contribution >= 4 is 67.2 Å². The SMILES string of the molecule is C[Si](C)C.C[Si](C)C.Cl.Cl.Cl.Cl.[NH2-].[Zr]. The summed E-state index contributed by atoms with van der Waals surface area (Å²) in [5.41, 5.74) is 0. The maximum absolute atomic E-state index is 2.27. The van der Waals surface area contributed by atoms with Gasteiger partial charge < -0.3 is 6.15 Å². The van der Waals surface area contributed by atoms with Crippen molar-refractivity contribution in [1.82, 2.24) is 0 Å². The Balaban J connectivity index is -0.00000000600. The Morgan fingerprint density at radius 1 is 0.500 bits per heavy atom. The van der Waals surface area contributed by atoms with Gasteiger partial charge in [-0.3, -0.25) is 0 Å². The van der Waals surface area contributed by atoms with Crippen molar-refractivity contribution in [2.45, 2.75) is 39.3 Å². The second kappa shape index (κ2) is 45.2. The second-order valence-electron chi connectivity index (χ2n) is 3.00. The maximum atomic E-state index is 2.27. The first-order valence-corrected chi connectivity index (χ1v) is 9.00. The summed E-state index contributed by atoms with van der Waals surface area (Å²) in [5.74, 6) is 0. The summed E-state index contributed by atoms with van der Waals surface area (Å²) in [6.07, 6.45) is 0. The average Bonchev–Trinajstić information content (AvgIpc) is 1.25. The van der Waals surface area contributed by atoms with Crippen molar-refractivity contribution in [3.05, 3.63) is 6.15 Å². The fraction of sp³-hybridized carbons (Fsp3) is 1.00. The van der Waals surface area contributed by atoms with Crippen LogP contribution in [0.2, 0.25) is 39.3 Å². The van der Waals surface area contributed by atoms with Gasteiger partial charge in [0.25, 0.3) is 0 Å². The van der Waals surface area contributed by atoms with E-state index in [1.165, 1.54) is 0 Å². The molecule has 0 amide bonds. The third-order valence-corrected chi connectivity index (χ3v) is 0. The quantitative estimate of drug-likeness (QED) is 0.505. The normalized spacial score (nSPS) is 5.14. The molecule has 0 unspecified atom stereocenters. The summed E-state index contributed by atoms with van der Waals surface area (Å²) in [5, 5.41) is 0. The first kappa shape index (κ1) is 55.0. The van der Waals surface area contributed by atoms with E-state index < -0.39 is 0 Å². The molecule has 0 aromatic heterocycles. The predicted octanol–water partition coefficient (Wildman–Crippen LogP) is 5.14. The van der Waals surface area contributed by atoms with Crippen LogP contribution in [0, 0.1) is 0 Å². The number of hydrogen-bond acceptors (Lipinski definition) is 0. The Morgan fingerprint density at radius 3 is 0.500 bits per heavy atom. The van der Waals surface area contributed by atoms with Crippen LogP contribution in [0.15, 0.2) is 0 Å². The average molecular weight is 399 g/mol. The summed E-state index contributed by atoms with van der Waals surface area (Å²) < 4.78 is 0. The molecular weight excluding hydrogens is 375 g/mol. The van der Waals surface area contributed by atoms with Gasteiger partial charge in [-0.2, -0.15) is 0 Å².